The highest BCUT2D eigenvalue weighted by Crippen LogP contribution is 2.32. The fraction of sp³-hybridized carbons (Fsp3) is 0.138. The number of aryl methyl sites for hydroxylation is 2. The lowest BCUT2D eigenvalue weighted by molar-refractivity contribution is 0.102. The number of anilines is 1. The van der Waals surface area contributed by atoms with E-state index in [-0.39, 0.29) is 11.5 Å². The molecule has 3 aromatic carbocycles. The fourth-order valence-electron chi connectivity index (χ4n) is 3.94. The molecule has 1 amide bonds. The van der Waals surface area contributed by atoms with Gasteiger partial charge in [0, 0.05) is 20.3 Å². The summed E-state index contributed by atoms with van der Waals surface area (Å²) in [5.41, 5.74) is 4.76. The second-order valence-corrected chi connectivity index (χ2v) is 10.4. The molecule has 5 aromatic rings. The molecule has 8 heteroatoms. The van der Waals surface area contributed by atoms with Crippen molar-refractivity contribution in [1.82, 2.24) is 4.98 Å². The zero-order chi connectivity index (χ0) is 25.9. The third-order valence-corrected chi connectivity index (χ3v) is 7.43. The predicted octanol–water partition coefficient (Wildman–Crippen LogP) is 7.68. The van der Waals surface area contributed by atoms with Crippen LogP contribution >= 0.6 is 27.3 Å². The van der Waals surface area contributed by atoms with Gasteiger partial charge in [0.15, 0.2) is 5.13 Å². The SMILES string of the molecule is CCc1sc(NC(=O)c2cc3cc(OC)ccc3oc2=Nc2cccc(C)c2)nc1-c1ccc(Br)cc1. The van der Waals surface area contributed by atoms with Crippen molar-refractivity contribution >= 4 is 55.0 Å². The number of nitrogens with zero attached hydrogens (tertiary/aromatic N) is 2. The smallest absolute Gasteiger partial charge is 0.262 e. The lowest BCUT2D eigenvalue weighted by Crippen LogP contribution is -2.21. The van der Waals surface area contributed by atoms with E-state index in [1.807, 2.05) is 73.7 Å². The zero-order valence-electron chi connectivity index (χ0n) is 20.5. The molecule has 0 atom stereocenters. The van der Waals surface area contributed by atoms with Gasteiger partial charge in [-0.2, -0.15) is 0 Å². The standard InChI is InChI=1S/C29H24BrN3O3S/c1-4-25-26(18-8-10-20(30)11-9-18)32-29(37-25)33-27(34)23-16-19-15-22(35-3)12-13-24(19)36-28(23)31-21-7-5-6-17(2)14-21/h5-16H,4H2,1-3H3,(H,32,33,34). The summed E-state index contributed by atoms with van der Waals surface area (Å²) in [7, 11) is 1.60. The van der Waals surface area contributed by atoms with Gasteiger partial charge >= 0.3 is 0 Å². The molecule has 0 aliphatic rings. The van der Waals surface area contributed by atoms with Crippen molar-refractivity contribution in [3.8, 4) is 17.0 Å². The Kier molecular flexibility index (Phi) is 7.21. The van der Waals surface area contributed by atoms with Gasteiger partial charge in [-0.15, -0.1) is 11.3 Å². The molecule has 186 valence electrons. The van der Waals surface area contributed by atoms with Crippen LogP contribution in [0.25, 0.3) is 22.2 Å². The Balaban J connectivity index is 1.57. The van der Waals surface area contributed by atoms with E-state index in [4.69, 9.17) is 14.1 Å². The Labute approximate surface area is 226 Å². The van der Waals surface area contributed by atoms with Gasteiger partial charge in [-0.1, -0.05) is 47.1 Å². The number of aromatic nitrogens is 1. The first-order valence-electron chi connectivity index (χ1n) is 11.7. The molecule has 2 heterocycles. The lowest BCUT2D eigenvalue weighted by Gasteiger charge is -2.07. The van der Waals surface area contributed by atoms with Crippen LogP contribution in [-0.4, -0.2) is 18.0 Å². The van der Waals surface area contributed by atoms with Crippen molar-refractivity contribution in [3.63, 3.8) is 0 Å². The van der Waals surface area contributed by atoms with E-state index >= 15 is 0 Å². The van der Waals surface area contributed by atoms with Gasteiger partial charge < -0.3 is 9.15 Å². The molecule has 37 heavy (non-hydrogen) atoms. The number of methoxy groups -OCH3 is 1. The van der Waals surface area contributed by atoms with E-state index < -0.39 is 0 Å². The number of thiazole rings is 1. The van der Waals surface area contributed by atoms with Crippen LogP contribution in [0, 0.1) is 6.92 Å². The summed E-state index contributed by atoms with van der Waals surface area (Å²) >= 11 is 4.94. The molecule has 0 unspecified atom stereocenters. The molecule has 0 bridgehead atoms. The molecule has 0 radical (unpaired) electrons. The molecule has 5 rings (SSSR count). The zero-order valence-corrected chi connectivity index (χ0v) is 22.9. The van der Waals surface area contributed by atoms with E-state index in [9.17, 15) is 4.79 Å². The van der Waals surface area contributed by atoms with Gasteiger partial charge in [0.05, 0.1) is 18.5 Å². The Morgan fingerprint density at radius 3 is 2.65 bits per heavy atom. The van der Waals surface area contributed by atoms with E-state index in [0.717, 1.165) is 38.0 Å². The first kappa shape index (κ1) is 24.9. The summed E-state index contributed by atoms with van der Waals surface area (Å²) in [6.45, 7) is 4.07. The molecule has 0 aliphatic carbocycles. The van der Waals surface area contributed by atoms with Crippen LogP contribution in [0.2, 0.25) is 0 Å². The summed E-state index contributed by atoms with van der Waals surface area (Å²) in [6.07, 6.45) is 0.804. The number of fused-ring (bicyclic) bond motifs is 1. The third kappa shape index (κ3) is 5.50. The molecule has 0 fully saturated rings. The average molecular weight is 575 g/mol. The fourth-order valence-corrected chi connectivity index (χ4v) is 5.12. The maximum Gasteiger partial charge on any atom is 0.262 e. The van der Waals surface area contributed by atoms with Crippen LogP contribution < -0.4 is 15.6 Å². The van der Waals surface area contributed by atoms with E-state index in [1.165, 1.54) is 11.3 Å². The highest BCUT2D eigenvalue weighted by atomic mass is 79.9. The van der Waals surface area contributed by atoms with Crippen LogP contribution in [0.5, 0.6) is 5.75 Å². The van der Waals surface area contributed by atoms with Gasteiger partial charge in [-0.3, -0.25) is 10.1 Å². The number of amides is 1. The molecule has 0 saturated heterocycles. The topological polar surface area (TPSA) is 76.7 Å². The molecule has 2 aromatic heterocycles. The van der Waals surface area contributed by atoms with Crippen LogP contribution in [0.1, 0.15) is 27.7 Å². The van der Waals surface area contributed by atoms with Gasteiger partial charge in [-0.25, -0.2) is 9.98 Å². The monoisotopic (exact) mass is 573 g/mol. The highest BCUT2D eigenvalue weighted by Gasteiger charge is 2.18. The molecule has 0 saturated carbocycles. The number of carbonyl (C=O) groups is 1. The molecule has 1 N–H and O–H groups in total. The van der Waals surface area contributed by atoms with E-state index in [0.29, 0.717) is 27.7 Å². The molecule has 0 aliphatic heterocycles. The van der Waals surface area contributed by atoms with E-state index in [1.54, 1.807) is 13.2 Å². The number of ether oxygens (including phenoxy) is 1. The van der Waals surface area contributed by atoms with Gasteiger partial charge in [0.2, 0.25) is 5.55 Å². The Hall–Kier alpha value is -3.75. The minimum Gasteiger partial charge on any atom is -0.497 e. The van der Waals surface area contributed by atoms with Gasteiger partial charge in [-0.05, 0) is 67.4 Å². The van der Waals surface area contributed by atoms with Crippen LogP contribution in [-0.2, 0) is 6.42 Å². The van der Waals surface area contributed by atoms with Crippen molar-refractivity contribution in [2.75, 3.05) is 12.4 Å². The summed E-state index contributed by atoms with van der Waals surface area (Å²) in [5.74, 6) is 0.322. The maximum atomic E-state index is 13.6. The van der Waals surface area contributed by atoms with Crippen molar-refractivity contribution in [3.05, 3.63) is 98.8 Å². The van der Waals surface area contributed by atoms with E-state index in [2.05, 4.69) is 33.2 Å². The quantitative estimate of drug-likeness (QED) is 0.226. The third-order valence-electron chi connectivity index (χ3n) is 5.79. The second-order valence-electron chi connectivity index (χ2n) is 8.43. The Bertz CT molecular complexity index is 1670. The van der Waals surface area contributed by atoms with Crippen molar-refractivity contribution in [2.24, 2.45) is 4.99 Å². The number of rotatable bonds is 6. The molecule has 0 spiro atoms. The number of hydrogen-bond acceptors (Lipinski definition) is 6. The number of halogens is 1. The minimum absolute atomic E-state index is 0.223. The molecular formula is C29H24BrN3O3S. The Morgan fingerprint density at radius 2 is 1.92 bits per heavy atom. The Morgan fingerprint density at radius 1 is 1.11 bits per heavy atom. The van der Waals surface area contributed by atoms with Gasteiger partial charge in [0.1, 0.15) is 16.9 Å². The lowest BCUT2D eigenvalue weighted by atomic mass is 10.1. The first-order chi connectivity index (χ1) is 17.9. The molecule has 6 nitrogen and oxygen atoms in total. The maximum absolute atomic E-state index is 13.6. The largest absolute Gasteiger partial charge is 0.497 e. The second kappa shape index (κ2) is 10.7. The van der Waals surface area contributed by atoms with Crippen LogP contribution in [0.15, 0.2) is 86.7 Å². The normalized spacial score (nSPS) is 11.6. The number of carbonyl (C=O) groups excluding carboxylic acids is 1. The number of hydrogen-bond donors (Lipinski definition) is 1. The van der Waals surface area contributed by atoms with Crippen molar-refractivity contribution in [2.45, 2.75) is 20.3 Å². The van der Waals surface area contributed by atoms with Crippen molar-refractivity contribution in [1.29, 1.82) is 0 Å². The summed E-state index contributed by atoms with van der Waals surface area (Å²) in [4.78, 5) is 24.1. The average Bonchev–Trinajstić information content (AvgIpc) is 3.31. The van der Waals surface area contributed by atoms with Gasteiger partial charge in [0.25, 0.3) is 5.91 Å². The molecular weight excluding hydrogens is 550 g/mol. The number of nitrogens with one attached hydrogen (secondary N) is 1. The van der Waals surface area contributed by atoms with Crippen LogP contribution in [0.3, 0.4) is 0 Å². The highest BCUT2D eigenvalue weighted by molar-refractivity contribution is 9.10. The predicted molar refractivity (Wildman–Crippen MR) is 152 cm³/mol. The summed E-state index contributed by atoms with van der Waals surface area (Å²) < 4.78 is 12.5. The first-order valence-corrected chi connectivity index (χ1v) is 13.3. The number of benzene rings is 3. The summed E-state index contributed by atoms with van der Waals surface area (Å²) in [6, 6.07) is 22.9. The van der Waals surface area contributed by atoms with Crippen LogP contribution in [0.4, 0.5) is 10.8 Å². The van der Waals surface area contributed by atoms with Crippen molar-refractivity contribution < 1.29 is 13.9 Å². The minimum atomic E-state index is -0.348. The summed E-state index contributed by atoms with van der Waals surface area (Å²) in [5, 5.41) is 4.23.